The Bertz CT molecular complexity index is 395. The smallest absolute Gasteiger partial charge is 0.407 e. The number of hydrogen-bond acceptors (Lipinski definition) is 2. The average molecular weight is 253 g/mol. The number of carbonyl (C=O) groups is 1. The number of alkyl carbamates (subject to hydrolysis) is 1. The zero-order valence-electron chi connectivity index (χ0n) is 11.3. The average Bonchev–Trinajstić information content (AvgIpc) is 2.27. The second kappa shape index (κ2) is 5.85. The van der Waals surface area contributed by atoms with Crippen LogP contribution in [0.25, 0.3) is 0 Å². The van der Waals surface area contributed by atoms with E-state index in [4.69, 9.17) is 4.74 Å². The topological polar surface area (TPSA) is 38.3 Å². The number of hydrogen-bond donors (Lipinski definition) is 1. The monoisotopic (exact) mass is 253 g/mol. The maximum Gasteiger partial charge on any atom is 0.407 e. The van der Waals surface area contributed by atoms with Crippen molar-refractivity contribution in [1.29, 1.82) is 0 Å². The second-order valence-electron chi connectivity index (χ2n) is 5.43. The van der Waals surface area contributed by atoms with E-state index in [0.29, 0.717) is 0 Å². The number of nitrogens with one attached hydrogen (secondary N) is 1. The molecule has 1 unspecified atom stereocenters. The summed E-state index contributed by atoms with van der Waals surface area (Å²) in [7, 11) is 0. The Morgan fingerprint density at radius 2 is 1.89 bits per heavy atom. The summed E-state index contributed by atoms with van der Waals surface area (Å²) < 4.78 is 17.7. The van der Waals surface area contributed by atoms with Gasteiger partial charge < -0.3 is 10.1 Å². The van der Waals surface area contributed by atoms with Crippen LogP contribution in [0.2, 0.25) is 0 Å². The summed E-state index contributed by atoms with van der Waals surface area (Å²) in [5, 5.41) is 2.77. The van der Waals surface area contributed by atoms with Crippen LogP contribution in [0, 0.1) is 11.2 Å². The standard InChI is InChI=1S/C14H20FNO2/c1-10(14(2,3)4)16-13(17)18-9-11-5-7-12(15)8-6-11/h5-8,10H,9H2,1-4H3,(H,16,17). The lowest BCUT2D eigenvalue weighted by molar-refractivity contribution is 0.128. The Labute approximate surface area is 107 Å². The summed E-state index contributed by atoms with van der Waals surface area (Å²) >= 11 is 0. The normalized spacial score (nSPS) is 12.9. The van der Waals surface area contributed by atoms with Crippen LogP contribution >= 0.6 is 0 Å². The van der Waals surface area contributed by atoms with Gasteiger partial charge in [-0.15, -0.1) is 0 Å². The molecule has 0 saturated heterocycles. The van der Waals surface area contributed by atoms with Crippen molar-refractivity contribution < 1.29 is 13.9 Å². The summed E-state index contributed by atoms with van der Waals surface area (Å²) in [6.07, 6.45) is -0.457. The predicted octanol–water partition coefficient (Wildman–Crippen LogP) is 3.49. The fourth-order valence-corrected chi connectivity index (χ4v) is 1.16. The van der Waals surface area contributed by atoms with Gasteiger partial charge in [0, 0.05) is 6.04 Å². The molecule has 1 amide bonds. The highest BCUT2D eigenvalue weighted by molar-refractivity contribution is 5.67. The van der Waals surface area contributed by atoms with Crippen molar-refractivity contribution in [1.82, 2.24) is 5.32 Å². The molecule has 0 radical (unpaired) electrons. The molecule has 0 bridgehead atoms. The maximum atomic E-state index is 12.7. The van der Waals surface area contributed by atoms with Crippen LogP contribution in [0.5, 0.6) is 0 Å². The van der Waals surface area contributed by atoms with Gasteiger partial charge in [0.1, 0.15) is 12.4 Å². The number of rotatable bonds is 3. The van der Waals surface area contributed by atoms with Crippen LogP contribution < -0.4 is 5.32 Å². The first-order valence-electron chi connectivity index (χ1n) is 5.97. The first kappa shape index (κ1) is 14.5. The van der Waals surface area contributed by atoms with E-state index in [1.165, 1.54) is 12.1 Å². The van der Waals surface area contributed by atoms with Crippen LogP contribution in [0.15, 0.2) is 24.3 Å². The molecule has 100 valence electrons. The van der Waals surface area contributed by atoms with E-state index in [-0.39, 0.29) is 23.9 Å². The van der Waals surface area contributed by atoms with Crippen molar-refractivity contribution in [3.63, 3.8) is 0 Å². The van der Waals surface area contributed by atoms with Gasteiger partial charge in [0.15, 0.2) is 0 Å². The van der Waals surface area contributed by atoms with Gasteiger partial charge in [0.2, 0.25) is 0 Å². The molecule has 1 rings (SSSR count). The lowest BCUT2D eigenvalue weighted by Crippen LogP contribution is -2.41. The largest absolute Gasteiger partial charge is 0.445 e. The number of benzene rings is 1. The molecule has 0 aliphatic carbocycles. The SMILES string of the molecule is CC(NC(=O)OCc1ccc(F)cc1)C(C)(C)C. The molecule has 1 N–H and O–H groups in total. The third-order valence-corrected chi connectivity index (χ3v) is 2.92. The van der Waals surface area contributed by atoms with Crippen LogP contribution in [-0.2, 0) is 11.3 Å². The summed E-state index contributed by atoms with van der Waals surface area (Å²) in [6.45, 7) is 8.19. The zero-order valence-corrected chi connectivity index (χ0v) is 11.3. The van der Waals surface area contributed by atoms with Gasteiger partial charge in [0.05, 0.1) is 0 Å². The summed E-state index contributed by atoms with van der Waals surface area (Å²) in [6, 6.07) is 5.88. The van der Waals surface area contributed by atoms with E-state index < -0.39 is 6.09 Å². The molecule has 4 heteroatoms. The first-order chi connectivity index (χ1) is 8.29. The van der Waals surface area contributed by atoms with E-state index in [1.807, 2.05) is 27.7 Å². The van der Waals surface area contributed by atoms with Crippen molar-refractivity contribution >= 4 is 6.09 Å². The first-order valence-corrected chi connectivity index (χ1v) is 5.97. The van der Waals surface area contributed by atoms with Gasteiger partial charge >= 0.3 is 6.09 Å². The van der Waals surface area contributed by atoms with Gasteiger partial charge in [-0.2, -0.15) is 0 Å². The van der Waals surface area contributed by atoms with Crippen molar-refractivity contribution in [2.75, 3.05) is 0 Å². The van der Waals surface area contributed by atoms with Gasteiger partial charge in [0.25, 0.3) is 0 Å². The molecular weight excluding hydrogens is 233 g/mol. The molecule has 1 atom stereocenters. The quantitative estimate of drug-likeness (QED) is 0.895. The number of halogens is 1. The minimum atomic E-state index is -0.457. The molecule has 0 fully saturated rings. The molecule has 1 aromatic carbocycles. The Balaban J connectivity index is 2.40. The number of amides is 1. The van der Waals surface area contributed by atoms with E-state index >= 15 is 0 Å². The minimum Gasteiger partial charge on any atom is -0.445 e. The number of ether oxygens (including phenoxy) is 1. The Morgan fingerprint density at radius 3 is 2.39 bits per heavy atom. The molecule has 0 spiro atoms. The second-order valence-corrected chi connectivity index (χ2v) is 5.43. The third kappa shape index (κ3) is 4.73. The van der Waals surface area contributed by atoms with Gasteiger partial charge in [-0.25, -0.2) is 9.18 Å². The molecular formula is C14H20FNO2. The fourth-order valence-electron chi connectivity index (χ4n) is 1.16. The van der Waals surface area contributed by atoms with Crippen LogP contribution in [0.1, 0.15) is 33.3 Å². The van der Waals surface area contributed by atoms with E-state index in [2.05, 4.69) is 5.32 Å². The molecule has 3 nitrogen and oxygen atoms in total. The Kier molecular flexibility index (Phi) is 4.70. The predicted molar refractivity (Wildman–Crippen MR) is 68.6 cm³/mol. The Morgan fingerprint density at radius 1 is 1.33 bits per heavy atom. The summed E-state index contributed by atoms with van der Waals surface area (Å²) in [5.41, 5.74) is 0.740. The summed E-state index contributed by atoms with van der Waals surface area (Å²) in [4.78, 5) is 11.5. The molecule has 18 heavy (non-hydrogen) atoms. The minimum absolute atomic E-state index is 0.0122. The molecule has 0 aliphatic heterocycles. The van der Waals surface area contributed by atoms with E-state index in [1.54, 1.807) is 12.1 Å². The van der Waals surface area contributed by atoms with Crippen molar-refractivity contribution in [3.8, 4) is 0 Å². The molecule has 0 aromatic heterocycles. The van der Waals surface area contributed by atoms with Crippen molar-refractivity contribution in [2.24, 2.45) is 5.41 Å². The highest BCUT2D eigenvalue weighted by Gasteiger charge is 2.22. The van der Waals surface area contributed by atoms with E-state index in [0.717, 1.165) is 5.56 Å². The molecule has 1 aromatic rings. The van der Waals surface area contributed by atoms with Crippen LogP contribution in [0.3, 0.4) is 0 Å². The zero-order chi connectivity index (χ0) is 13.8. The molecule has 0 aliphatic rings. The van der Waals surface area contributed by atoms with Gasteiger partial charge in [-0.05, 0) is 30.0 Å². The molecule has 0 heterocycles. The lowest BCUT2D eigenvalue weighted by atomic mass is 9.88. The molecule has 0 saturated carbocycles. The van der Waals surface area contributed by atoms with Crippen molar-refractivity contribution in [3.05, 3.63) is 35.6 Å². The highest BCUT2D eigenvalue weighted by atomic mass is 19.1. The maximum absolute atomic E-state index is 12.7. The Hall–Kier alpha value is -1.58. The lowest BCUT2D eigenvalue weighted by Gasteiger charge is -2.27. The van der Waals surface area contributed by atoms with E-state index in [9.17, 15) is 9.18 Å². The van der Waals surface area contributed by atoms with Gasteiger partial charge in [-0.3, -0.25) is 0 Å². The highest BCUT2D eigenvalue weighted by Crippen LogP contribution is 2.18. The van der Waals surface area contributed by atoms with Crippen LogP contribution in [0.4, 0.5) is 9.18 Å². The fraction of sp³-hybridized carbons (Fsp3) is 0.500. The van der Waals surface area contributed by atoms with Gasteiger partial charge in [-0.1, -0.05) is 32.9 Å². The third-order valence-electron chi connectivity index (χ3n) is 2.92. The van der Waals surface area contributed by atoms with Crippen molar-refractivity contribution in [2.45, 2.75) is 40.3 Å². The van der Waals surface area contributed by atoms with Crippen LogP contribution in [-0.4, -0.2) is 12.1 Å². The summed E-state index contributed by atoms with van der Waals surface area (Å²) in [5.74, 6) is -0.301. The number of carbonyl (C=O) groups excluding carboxylic acids is 1.